The number of carbonyl (C=O) groups excluding carboxylic acids is 1. The Morgan fingerprint density at radius 3 is 2.96 bits per heavy atom. The summed E-state index contributed by atoms with van der Waals surface area (Å²) in [5.74, 6) is 0.670. The number of anilines is 1. The van der Waals surface area contributed by atoms with Crippen molar-refractivity contribution in [2.75, 3.05) is 18.1 Å². The quantitative estimate of drug-likeness (QED) is 0.661. The normalized spacial score (nSPS) is 13.3. The number of carbonyl (C=O) groups is 1. The molecule has 1 aromatic heterocycles. The van der Waals surface area contributed by atoms with Gasteiger partial charge in [-0.1, -0.05) is 28.1 Å². The second kappa shape index (κ2) is 6.92. The van der Waals surface area contributed by atoms with Gasteiger partial charge in [0.1, 0.15) is 12.4 Å². The molecule has 0 saturated carbocycles. The number of aryl methyl sites for hydroxylation is 1. The molecular weight excluding hydrogens is 398 g/mol. The number of halogens is 1. The van der Waals surface area contributed by atoms with E-state index in [4.69, 9.17) is 4.74 Å². The number of ether oxygens (including phenoxy) is 1. The van der Waals surface area contributed by atoms with E-state index in [1.165, 1.54) is 10.9 Å². The summed E-state index contributed by atoms with van der Waals surface area (Å²) in [6.07, 6.45) is 1.72. The van der Waals surface area contributed by atoms with Gasteiger partial charge in [-0.25, -0.2) is 4.98 Å². The van der Waals surface area contributed by atoms with Gasteiger partial charge in [0.25, 0.3) is 5.56 Å². The molecule has 0 spiro atoms. The Morgan fingerprint density at radius 2 is 2.08 bits per heavy atom. The maximum atomic E-state index is 12.7. The minimum absolute atomic E-state index is 0.0398. The minimum atomic E-state index is -0.147. The fraction of sp³-hybridized carbons (Fsp3) is 0.211. The van der Waals surface area contributed by atoms with Crippen molar-refractivity contribution in [2.24, 2.45) is 0 Å². The first-order valence-corrected chi connectivity index (χ1v) is 9.10. The number of amides is 1. The monoisotopic (exact) mass is 413 g/mol. The molecule has 0 fully saturated rings. The van der Waals surface area contributed by atoms with Crippen molar-refractivity contribution in [1.29, 1.82) is 0 Å². The molecule has 3 aromatic rings. The zero-order chi connectivity index (χ0) is 18.1. The molecule has 6 nitrogen and oxygen atoms in total. The number of hydrogen-bond acceptors (Lipinski definition) is 4. The summed E-state index contributed by atoms with van der Waals surface area (Å²) in [5.41, 5.74) is 1.27. The van der Waals surface area contributed by atoms with E-state index < -0.39 is 0 Å². The Bertz CT molecular complexity index is 1050. The van der Waals surface area contributed by atoms with Crippen molar-refractivity contribution in [3.63, 3.8) is 0 Å². The topological polar surface area (TPSA) is 64.4 Å². The van der Waals surface area contributed by atoms with E-state index in [9.17, 15) is 9.59 Å². The van der Waals surface area contributed by atoms with Gasteiger partial charge < -0.3 is 9.64 Å². The average Bonchev–Trinajstić information content (AvgIpc) is 2.67. The fourth-order valence-electron chi connectivity index (χ4n) is 3.07. The molecule has 0 aliphatic carbocycles. The molecule has 2 heterocycles. The number of para-hydroxylation sites is 2. The lowest BCUT2D eigenvalue weighted by Crippen LogP contribution is -2.38. The van der Waals surface area contributed by atoms with Gasteiger partial charge in [-0.2, -0.15) is 0 Å². The summed E-state index contributed by atoms with van der Waals surface area (Å²) in [6, 6.07) is 12.9. The number of aromatic nitrogens is 2. The Kier molecular flexibility index (Phi) is 4.46. The number of fused-ring (bicyclic) bond motifs is 2. The molecule has 0 N–H and O–H groups in total. The van der Waals surface area contributed by atoms with Crippen LogP contribution >= 0.6 is 15.9 Å². The molecule has 26 heavy (non-hydrogen) atoms. The molecule has 0 unspecified atom stereocenters. The second-order valence-corrected chi connectivity index (χ2v) is 6.93. The molecule has 1 amide bonds. The molecule has 0 radical (unpaired) electrons. The molecule has 1 aliphatic heterocycles. The summed E-state index contributed by atoms with van der Waals surface area (Å²) >= 11 is 3.37. The van der Waals surface area contributed by atoms with E-state index in [0.717, 1.165) is 10.2 Å². The van der Waals surface area contributed by atoms with Crippen LogP contribution in [0.5, 0.6) is 5.75 Å². The first-order valence-electron chi connectivity index (χ1n) is 8.30. The smallest absolute Gasteiger partial charge is 0.261 e. The fourth-order valence-corrected chi connectivity index (χ4v) is 3.43. The van der Waals surface area contributed by atoms with Gasteiger partial charge in [0.05, 0.1) is 29.5 Å². The largest absolute Gasteiger partial charge is 0.490 e. The van der Waals surface area contributed by atoms with Crippen LogP contribution in [0.4, 0.5) is 5.69 Å². The Morgan fingerprint density at radius 1 is 1.23 bits per heavy atom. The van der Waals surface area contributed by atoms with Crippen LogP contribution in [0.25, 0.3) is 10.9 Å². The van der Waals surface area contributed by atoms with Gasteiger partial charge in [-0.05, 0) is 30.3 Å². The lowest BCUT2D eigenvalue weighted by molar-refractivity contribution is -0.119. The van der Waals surface area contributed by atoms with Gasteiger partial charge in [-0.15, -0.1) is 0 Å². The molecule has 4 rings (SSSR count). The number of nitrogens with zero attached hydrogens (tertiary/aromatic N) is 3. The SMILES string of the molecule is O=C(CCn1cnc2ccc(Br)cc2c1=O)N1CCOc2ccccc21. The molecule has 2 aromatic carbocycles. The summed E-state index contributed by atoms with van der Waals surface area (Å²) < 4.78 is 7.89. The third-order valence-corrected chi connectivity index (χ3v) is 4.88. The van der Waals surface area contributed by atoms with E-state index in [-0.39, 0.29) is 24.4 Å². The zero-order valence-electron chi connectivity index (χ0n) is 13.9. The van der Waals surface area contributed by atoms with Crippen molar-refractivity contribution in [1.82, 2.24) is 9.55 Å². The highest BCUT2D eigenvalue weighted by molar-refractivity contribution is 9.10. The Hall–Kier alpha value is -2.67. The van der Waals surface area contributed by atoms with Crippen LogP contribution in [0.1, 0.15) is 6.42 Å². The molecular formula is C19H16BrN3O3. The van der Waals surface area contributed by atoms with E-state index in [0.29, 0.717) is 29.8 Å². The van der Waals surface area contributed by atoms with Crippen molar-refractivity contribution in [3.05, 3.63) is 63.6 Å². The molecule has 1 aliphatic rings. The summed E-state index contributed by atoms with van der Waals surface area (Å²) in [5, 5.41) is 0.533. The first kappa shape index (κ1) is 16.8. The first-order chi connectivity index (χ1) is 12.6. The van der Waals surface area contributed by atoms with Gasteiger partial charge in [0, 0.05) is 17.4 Å². The predicted octanol–water partition coefficient (Wildman–Crippen LogP) is 2.97. The lowest BCUT2D eigenvalue weighted by atomic mass is 10.2. The zero-order valence-corrected chi connectivity index (χ0v) is 15.5. The lowest BCUT2D eigenvalue weighted by Gasteiger charge is -2.29. The predicted molar refractivity (Wildman–Crippen MR) is 103 cm³/mol. The molecule has 7 heteroatoms. The summed E-state index contributed by atoms with van der Waals surface area (Å²) in [4.78, 5) is 31.3. The van der Waals surface area contributed by atoms with Gasteiger partial charge in [0.15, 0.2) is 0 Å². The van der Waals surface area contributed by atoms with Gasteiger partial charge in [0.2, 0.25) is 5.91 Å². The van der Waals surface area contributed by atoms with Crippen LogP contribution in [0, 0.1) is 0 Å². The van der Waals surface area contributed by atoms with Crippen LogP contribution in [-0.4, -0.2) is 28.6 Å². The van der Waals surface area contributed by atoms with E-state index in [1.807, 2.05) is 30.3 Å². The van der Waals surface area contributed by atoms with Crippen molar-refractivity contribution >= 4 is 38.4 Å². The van der Waals surface area contributed by atoms with Crippen molar-refractivity contribution in [2.45, 2.75) is 13.0 Å². The average molecular weight is 414 g/mol. The highest BCUT2D eigenvalue weighted by atomic mass is 79.9. The van der Waals surface area contributed by atoms with Crippen LogP contribution in [0.2, 0.25) is 0 Å². The highest BCUT2D eigenvalue weighted by Crippen LogP contribution is 2.31. The molecule has 0 atom stereocenters. The third kappa shape index (κ3) is 3.10. The maximum absolute atomic E-state index is 12.7. The number of benzene rings is 2. The highest BCUT2D eigenvalue weighted by Gasteiger charge is 2.23. The van der Waals surface area contributed by atoms with E-state index in [2.05, 4.69) is 20.9 Å². The molecule has 0 saturated heterocycles. The molecule has 132 valence electrons. The van der Waals surface area contributed by atoms with Crippen molar-refractivity contribution < 1.29 is 9.53 Å². The van der Waals surface area contributed by atoms with Gasteiger partial charge in [-0.3, -0.25) is 14.2 Å². The standard InChI is InChI=1S/C19H16BrN3O3/c20-13-5-6-15-14(11-13)19(25)22(12-21-15)8-7-18(24)23-9-10-26-17-4-2-1-3-16(17)23/h1-6,11-12H,7-10H2. The van der Waals surface area contributed by atoms with E-state index in [1.54, 1.807) is 17.0 Å². The van der Waals surface area contributed by atoms with Gasteiger partial charge >= 0.3 is 0 Å². The van der Waals surface area contributed by atoms with Crippen LogP contribution in [-0.2, 0) is 11.3 Å². The Balaban J connectivity index is 1.55. The maximum Gasteiger partial charge on any atom is 0.261 e. The van der Waals surface area contributed by atoms with Crippen LogP contribution in [0.3, 0.4) is 0 Å². The van der Waals surface area contributed by atoms with Crippen molar-refractivity contribution in [3.8, 4) is 5.75 Å². The number of hydrogen-bond donors (Lipinski definition) is 0. The van der Waals surface area contributed by atoms with Crippen LogP contribution < -0.4 is 15.2 Å². The van der Waals surface area contributed by atoms with Crippen LogP contribution in [0.15, 0.2) is 58.1 Å². The second-order valence-electron chi connectivity index (χ2n) is 6.02. The summed E-state index contributed by atoms with van der Waals surface area (Å²) in [6.45, 7) is 1.26. The minimum Gasteiger partial charge on any atom is -0.490 e. The summed E-state index contributed by atoms with van der Waals surface area (Å²) in [7, 11) is 0. The molecule has 0 bridgehead atoms. The Labute approximate surface area is 158 Å². The third-order valence-electron chi connectivity index (χ3n) is 4.38. The van der Waals surface area contributed by atoms with E-state index >= 15 is 0 Å². The number of rotatable bonds is 3.